The highest BCUT2D eigenvalue weighted by Crippen LogP contribution is 2.24. The van der Waals surface area contributed by atoms with E-state index < -0.39 is 0 Å². The smallest absolute Gasteiger partial charge is 0.134 e. The molecule has 1 N–H and O–H groups in total. The molecule has 4 heteroatoms. The van der Waals surface area contributed by atoms with E-state index >= 15 is 0 Å². The average Bonchev–Trinajstić information content (AvgIpc) is 3.08. The van der Waals surface area contributed by atoms with Crippen LogP contribution in [0, 0.1) is 5.92 Å². The van der Waals surface area contributed by atoms with Gasteiger partial charge >= 0.3 is 0 Å². The highest BCUT2D eigenvalue weighted by atomic mass is 35.5. The van der Waals surface area contributed by atoms with Crippen molar-refractivity contribution in [3.63, 3.8) is 0 Å². The van der Waals surface area contributed by atoms with Gasteiger partial charge in [-0.15, -0.1) is 0 Å². The molecule has 1 fully saturated rings. The Balaban J connectivity index is 1.81. The molecule has 1 aromatic carbocycles. The van der Waals surface area contributed by atoms with Crippen LogP contribution in [0.4, 0.5) is 0 Å². The Morgan fingerprint density at radius 3 is 2.67 bits per heavy atom. The summed E-state index contributed by atoms with van der Waals surface area (Å²) in [6.45, 7) is 11.8. The van der Waals surface area contributed by atoms with E-state index in [0.717, 1.165) is 18.9 Å². The van der Waals surface area contributed by atoms with E-state index in [2.05, 4.69) is 23.6 Å². The van der Waals surface area contributed by atoms with Crippen LogP contribution in [0.15, 0.2) is 18.2 Å². The number of phenolic OH excluding ortho intramolecular Hbond substituents is 1. The summed E-state index contributed by atoms with van der Waals surface area (Å²) in [5.74, 6) is 0.905. The summed E-state index contributed by atoms with van der Waals surface area (Å²) in [6, 6.07) is 5.57. The number of aromatic hydroxyl groups is 1. The van der Waals surface area contributed by atoms with Gasteiger partial charge in [-0.1, -0.05) is 37.9 Å². The summed E-state index contributed by atoms with van der Waals surface area (Å²) in [7, 11) is 0. The number of phenols is 1. The third kappa shape index (κ3) is 6.62. The van der Waals surface area contributed by atoms with Crippen LogP contribution < -0.4 is 0 Å². The van der Waals surface area contributed by atoms with Crippen LogP contribution >= 0.6 is 11.6 Å². The topological polar surface area (TPSA) is 26.7 Å². The maximum atomic E-state index is 9.54. The Labute approximate surface area is 152 Å². The lowest BCUT2D eigenvalue weighted by Gasteiger charge is -2.26. The van der Waals surface area contributed by atoms with Crippen LogP contribution in [-0.4, -0.2) is 54.2 Å². The molecule has 3 nitrogen and oxygen atoms in total. The van der Waals surface area contributed by atoms with Crippen molar-refractivity contribution < 1.29 is 5.11 Å². The largest absolute Gasteiger partial charge is 0.506 e. The monoisotopic (exact) mass is 352 g/mol. The van der Waals surface area contributed by atoms with E-state index in [-0.39, 0.29) is 5.75 Å². The van der Waals surface area contributed by atoms with Crippen molar-refractivity contribution in [2.75, 3.05) is 39.3 Å². The number of rotatable bonds is 10. The first kappa shape index (κ1) is 19.6. The summed E-state index contributed by atoms with van der Waals surface area (Å²) >= 11 is 6.02. The minimum Gasteiger partial charge on any atom is -0.506 e. The predicted molar refractivity (Wildman–Crippen MR) is 103 cm³/mol. The lowest BCUT2D eigenvalue weighted by molar-refractivity contribution is 0.219. The van der Waals surface area contributed by atoms with Gasteiger partial charge in [0.1, 0.15) is 5.75 Å². The fraction of sp³-hybridized carbons (Fsp3) is 0.700. The van der Waals surface area contributed by atoms with Crippen LogP contribution in [0.2, 0.25) is 5.02 Å². The van der Waals surface area contributed by atoms with Crippen molar-refractivity contribution >= 4 is 11.6 Å². The first-order valence-corrected chi connectivity index (χ1v) is 9.88. The van der Waals surface area contributed by atoms with Crippen LogP contribution in [0.5, 0.6) is 5.75 Å². The Bertz CT molecular complexity index is 489. The minimum atomic E-state index is 0.169. The van der Waals surface area contributed by atoms with Crippen LogP contribution in [0.25, 0.3) is 0 Å². The third-order valence-corrected chi connectivity index (χ3v) is 5.45. The molecule has 1 saturated heterocycles. The second-order valence-electron chi connectivity index (χ2n) is 7.25. The molecule has 0 amide bonds. The third-order valence-electron chi connectivity index (χ3n) is 5.14. The molecular formula is C20H33ClN2O. The summed E-state index contributed by atoms with van der Waals surface area (Å²) in [5.41, 5.74) is 1.20. The Kier molecular flexibility index (Phi) is 8.37. The van der Waals surface area contributed by atoms with Gasteiger partial charge in [-0.2, -0.15) is 0 Å². The number of likely N-dealkylation sites (tertiary alicyclic amines) is 1. The van der Waals surface area contributed by atoms with Gasteiger partial charge in [-0.3, -0.25) is 0 Å². The molecule has 2 rings (SSSR count). The molecule has 136 valence electrons. The molecule has 0 spiro atoms. The van der Waals surface area contributed by atoms with Gasteiger partial charge in [0.15, 0.2) is 0 Å². The number of hydrogen-bond donors (Lipinski definition) is 1. The second kappa shape index (κ2) is 10.3. The Hall–Kier alpha value is -0.770. The lowest BCUT2D eigenvalue weighted by Crippen LogP contribution is -2.33. The standard InChI is InChI=1S/C20H33ClN2O/c1-3-17(2)16-23(13-6-12-22-10-4-5-11-22)14-9-18-7-8-20(24)19(21)15-18/h7-8,15,17,24H,3-6,9-14,16H2,1-2H3. The summed E-state index contributed by atoms with van der Waals surface area (Å²) in [4.78, 5) is 5.20. The van der Waals surface area contributed by atoms with Gasteiger partial charge in [0.25, 0.3) is 0 Å². The Morgan fingerprint density at radius 1 is 1.25 bits per heavy atom. The van der Waals surface area contributed by atoms with E-state index in [9.17, 15) is 5.11 Å². The van der Waals surface area contributed by atoms with Crippen LogP contribution in [0.3, 0.4) is 0 Å². The number of benzene rings is 1. The molecule has 0 aliphatic carbocycles. The van der Waals surface area contributed by atoms with Crippen molar-refractivity contribution in [1.82, 2.24) is 9.80 Å². The van der Waals surface area contributed by atoms with E-state index in [1.54, 1.807) is 6.07 Å². The van der Waals surface area contributed by atoms with E-state index in [0.29, 0.717) is 5.02 Å². The summed E-state index contributed by atoms with van der Waals surface area (Å²) < 4.78 is 0. The normalized spacial score (nSPS) is 16.8. The van der Waals surface area contributed by atoms with Crippen molar-refractivity contribution in [3.05, 3.63) is 28.8 Å². The van der Waals surface area contributed by atoms with E-state index in [4.69, 9.17) is 11.6 Å². The Morgan fingerprint density at radius 2 is 2.00 bits per heavy atom. The molecule has 1 unspecified atom stereocenters. The molecule has 1 atom stereocenters. The molecule has 1 aliphatic rings. The number of halogens is 1. The first-order valence-electron chi connectivity index (χ1n) is 9.50. The number of nitrogens with zero attached hydrogens (tertiary/aromatic N) is 2. The van der Waals surface area contributed by atoms with Gasteiger partial charge in [0.05, 0.1) is 5.02 Å². The van der Waals surface area contributed by atoms with E-state index in [1.807, 2.05) is 12.1 Å². The fourth-order valence-electron chi connectivity index (χ4n) is 3.38. The summed E-state index contributed by atoms with van der Waals surface area (Å²) in [5, 5.41) is 10.00. The maximum Gasteiger partial charge on any atom is 0.134 e. The highest BCUT2D eigenvalue weighted by molar-refractivity contribution is 6.32. The fourth-order valence-corrected chi connectivity index (χ4v) is 3.58. The molecule has 0 bridgehead atoms. The summed E-state index contributed by atoms with van der Waals surface area (Å²) in [6.07, 6.45) is 6.22. The van der Waals surface area contributed by atoms with Gasteiger partial charge in [-0.25, -0.2) is 0 Å². The van der Waals surface area contributed by atoms with Crippen LogP contribution in [-0.2, 0) is 6.42 Å². The molecule has 0 aromatic heterocycles. The highest BCUT2D eigenvalue weighted by Gasteiger charge is 2.13. The zero-order valence-electron chi connectivity index (χ0n) is 15.3. The van der Waals surface area contributed by atoms with Crippen LogP contribution in [0.1, 0.15) is 45.1 Å². The van der Waals surface area contributed by atoms with Gasteiger partial charge in [-0.05, 0) is 75.5 Å². The van der Waals surface area contributed by atoms with Gasteiger partial charge in [0, 0.05) is 13.1 Å². The van der Waals surface area contributed by atoms with Crippen molar-refractivity contribution in [2.24, 2.45) is 5.92 Å². The average molecular weight is 353 g/mol. The van der Waals surface area contributed by atoms with Crippen molar-refractivity contribution in [1.29, 1.82) is 0 Å². The lowest BCUT2D eigenvalue weighted by atomic mass is 10.1. The molecule has 1 heterocycles. The second-order valence-corrected chi connectivity index (χ2v) is 7.66. The van der Waals surface area contributed by atoms with Crippen molar-refractivity contribution in [2.45, 2.75) is 46.0 Å². The molecule has 0 radical (unpaired) electrons. The molecule has 1 aromatic rings. The quantitative estimate of drug-likeness (QED) is 0.675. The number of hydrogen-bond acceptors (Lipinski definition) is 3. The predicted octanol–water partition coefficient (Wildman–Crippen LogP) is 4.42. The molecular weight excluding hydrogens is 320 g/mol. The first-order chi connectivity index (χ1) is 11.6. The molecule has 0 saturated carbocycles. The maximum absolute atomic E-state index is 9.54. The molecule has 24 heavy (non-hydrogen) atoms. The zero-order chi connectivity index (χ0) is 17.4. The van der Waals surface area contributed by atoms with Crippen molar-refractivity contribution in [3.8, 4) is 5.75 Å². The SMILES string of the molecule is CCC(C)CN(CCCN1CCCC1)CCc1ccc(O)c(Cl)c1. The zero-order valence-corrected chi connectivity index (χ0v) is 16.1. The van der Waals surface area contributed by atoms with E-state index in [1.165, 1.54) is 64.0 Å². The molecule has 1 aliphatic heterocycles. The minimum absolute atomic E-state index is 0.169. The van der Waals surface area contributed by atoms with Gasteiger partial charge in [0.2, 0.25) is 0 Å². The van der Waals surface area contributed by atoms with Gasteiger partial charge < -0.3 is 14.9 Å².